The van der Waals surface area contributed by atoms with Crippen molar-refractivity contribution in [2.24, 2.45) is 0 Å². The Morgan fingerprint density at radius 3 is 1.54 bits per heavy atom. The summed E-state index contributed by atoms with van der Waals surface area (Å²) in [4.78, 5) is 16.8. The van der Waals surface area contributed by atoms with Crippen molar-refractivity contribution >= 4 is 0 Å². The minimum Gasteiger partial charge on any atom is -0.400 e. The lowest BCUT2D eigenvalue weighted by Crippen LogP contribution is -2.00. The van der Waals surface area contributed by atoms with Crippen LogP contribution < -0.4 is 0 Å². The fraction of sp³-hybridized carbons (Fsp3) is 1.00. The molecule has 0 rings (SSSR count). The number of hydrogen-bond donors (Lipinski definition) is 2. The van der Waals surface area contributed by atoms with Gasteiger partial charge < -0.3 is 14.9 Å². The monoisotopic (exact) mass is 200 g/mol. The lowest BCUT2D eigenvalue weighted by molar-refractivity contribution is -0.523. The van der Waals surface area contributed by atoms with E-state index in [-0.39, 0.29) is 0 Å². The Morgan fingerprint density at radius 1 is 1.23 bits per heavy atom. The summed E-state index contributed by atoms with van der Waals surface area (Å²) in [6.45, 7) is -1.38. The highest BCUT2D eigenvalue weighted by Gasteiger charge is 1.85. The third-order valence-corrected chi connectivity index (χ3v) is 0.350. The van der Waals surface area contributed by atoms with Gasteiger partial charge in [-0.1, -0.05) is 0 Å². The Morgan fingerprint density at radius 2 is 1.54 bits per heavy atom. The summed E-state index contributed by atoms with van der Waals surface area (Å²) in [7, 11) is 2.28. The van der Waals surface area contributed by atoms with E-state index in [1.807, 2.05) is 0 Å². The van der Waals surface area contributed by atoms with Crippen LogP contribution in [-0.4, -0.2) is 47.7 Å². The van der Waals surface area contributed by atoms with Gasteiger partial charge in [0.2, 0.25) is 0 Å². The van der Waals surface area contributed by atoms with Gasteiger partial charge in [0.1, 0.15) is 0 Å². The van der Waals surface area contributed by atoms with E-state index in [1.54, 1.807) is 0 Å². The van der Waals surface area contributed by atoms with Gasteiger partial charge in [0.15, 0.2) is 0 Å². The zero-order chi connectivity index (χ0) is 11.3. The molecule has 13 heavy (non-hydrogen) atoms. The molecule has 0 spiro atoms. The minimum absolute atomic E-state index is 0.403. The smallest absolute Gasteiger partial charge is 0.305 e. The number of ether oxygens (including phenoxy) is 1. The highest BCUT2D eigenvalue weighted by atomic mass is 16.7. The number of rotatable bonds is 3. The molecular weight excluding hydrogens is 188 g/mol. The van der Waals surface area contributed by atoms with Gasteiger partial charge in [-0.3, -0.25) is 20.2 Å². The van der Waals surface area contributed by atoms with E-state index in [9.17, 15) is 10.1 Å². The van der Waals surface area contributed by atoms with Crippen LogP contribution in [0, 0.1) is 20.2 Å². The Bertz CT molecular complexity index is 128. The zero-order valence-corrected chi connectivity index (χ0v) is 7.24. The number of aliphatic hydroxyl groups is 2. The molecule has 0 bridgehead atoms. The number of nitro groups is 2. The third-order valence-electron chi connectivity index (χ3n) is 0.350. The largest absolute Gasteiger partial charge is 0.400 e. The predicted molar refractivity (Wildman–Crippen MR) is 41.1 cm³/mol. The number of methoxy groups -OCH3 is 1. The first kappa shape index (κ1) is 17.7. The number of nitrogens with zero attached hydrogens (tertiary/aromatic N) is 2. The molecule has 0 aliphatic carbocycles. The lowest BCUT2D eigenvalue weighted by atomic mass is 11.3. The Labute approximate surface area is 73.9 Å². The summed E-state index contributed by atoms with van der Waals surface area (Å²) >= 11 is 0. The molecule has 0 aromatic rings. The second-order valence-corrected chi connectivity index (χ2v) is 1.22. The van der Waals surface area contributed by atoms with Crippen molar-refractivity contribution in [3.63, 3.8) is 0 Å². The first-order chi connectivity index (χ1) is 6.04. The average Bonchev–Trinajstić information content (AvgIpc) is 2.09. The van der Waals surface area contributed by atoms with Gasteiger partial charge >= 0.3 is 13.5 Å². The summed E-state index contributed by atoms with van der Waals surface area (Å²) in [5.74, 6) is 0. The molecule has 9 heteroatoms. The Hall–Kier alpha value is -1.32. The highest BCUT2D eigenvalue weighted by molar-refractivity contribution is 3.99. The van der Waals surface area contributed by atoms with E-state index in [4.69, 9.17) is 20.3 Å². The third kappa shape index (κ3) is 59.4. The van der Waals surface area contributed by atoms with Gasteiger partial charge in [0.25, 0.3) is 0 Å². The molecule has 0 atom stereocenters. The molecule has 0 amide bonds. The molecule has 0 fully saturated rings. The summed E-state index contributed by atoms with van der Waals surface area (Å²) in [6.07, 6.45) is 0. The molecule has 0 aromatic carbocycles. The summed E-state index contributed by atoms with van der Waals surface area (Å²) in [5, 5.41) is 32.6. The van der Waals surface area contributed by atoms with Crippen LogP contribution in [0.1, 0.15) is 0 Å². The molecule has 0 radical (unpaired) electrons. The van der Waals surface area contributed by atoms with E-state index in [0.29, 0.717) is 0 Å². The van der Waals surface area contributed by atoms with E-state index in [1.165, 1.54) is 7.11 Å². The van der Waals surface area contributed by atoms with E-state index in [2.05, 4.69) is 4.74 Å². The lowest BCUT2D eigenvalue weighted by Gasteiger charge is -1.82. The zero-order valence-electron chi connectivity index (χ0n) is 7.24. The van der Waals surface area contributed by atoms with Crippen molar-refractivity contribution in [2.45, 2.75) is 0 Å². The maximum atomic E-state index is 9.28. The molecule has 0 heterocycles. The normalized spacial score (nSPS) is 7.08. The van der Waals surface area contributed by atoms with E-state index < -0.39 is 23.3 Å². The van der Waals surface area contributed by atoms with Crippen molar-refractivity contribution in [3.8, 4) is 0 Å². The molecular formula is C4H12N2O7. The quantitative estimate of drug-likeness (QED) is 0.327. The SMILES string of the molecule is CO.COC[N+](=O)[O-].O=[N+]([O-])CO. The second kappa shape index (κ2) is 17.0. The van der Waals surface area contributed by atoms with Gasteiger partial charge in [-0.15, -0.1) is 0 Å². The maximum absolute atomic E-state index is 9.28. The number of hydrogen-bond acceptors (Lipinski definition) is 7. The standard InChI is InChI=1S/C2H5NO3.CH3NO3.CH4O/c1-6-2-3(4)5;3-1-2(4)5;1-2/h2H2,1H3;3H,1H2;2H,1H3. The maximum Gasteiger partial charge on any atom is 0.305 e. The molecule has 9 nitrogen and oxygen atoms in total. The van der Waals surface area contributed by atoms with Crippen LogP contribution in [0.4, 0.5) is 0 Å². The Balaban J connectivity index is -0.000000131. The van der Waals surface area contributed by atoms with Crippen molar-refractivity contribution in [2.75, 3.05) is 27.7 Å². The second-order valence-electron chi connectivity index (χ2n) is 1.22. The molecule has 0 saturated carbocycles. The average molecular weight is 200 g/mol. The van der Waals surface area contributed by atoms with Crippen LogP contribution in [0.15, 0.2) is 0 Å². The van der Waals surface area contributed by atoms with Crippen LogP contribution in [0.3, 0.4) is 0 Å². The van der Waals surface area contributed by atoms with Crippen LogP contribution in [0.25, 0.3) is 0 Å². The van der Waals surface area contributed by atoms with Gasteiger partial charge in [-0.25, -0.2) is 0 Å². The molecule has 0 unspecified atom stereocenters. The van der Waals surface area contributed by atoms with Gasteiger partial charge in [-0.2, -0.15) is 0 Å². The molecule has 0 saturated heterocycles. The summed E-state index contributed by atoms with van der Waals surface area (Å²) in [5.41, 5.74) is 0. The fourth-order valence-electron chi connectivity index (χ4n) is 0.105. The van der Waals surface area contributed by atoms with Crippen LogP contribution in [0.2, 0.25) is 0 Å². The minimum atomic E-state index is -0.972. The van der Waals surface area contributed by atoms with Crippen molar-refractivity contribution in [1.29, 1.82) is 0 Å². The van der Waals surface area contributed by atoms with E-state index in [0.717, 1.165) is 7.11 Å². The molecule has 0 aromatic heterocycles. The van der Waals surface area contributed by atoms with E-state index >= 15 is 0 Å². The number of aliphatic hydroxyl groups excluding tert-OH is 2. The molecule has 80 valence electrons. The molecule has 2 N–H and O–H groups in total. The van der Waals surface area contributed by atoms with Crippen molar-refractivity contribution in [3.05, 3.63) is 20.2 Å². The topological polar surface area (TPSA) is 136 Å². The van der Waals surface area contributed by atoms with Crippen LogP contribution in [-0.2, 0) is 4.74 Å². The Kier molecular flexibility index (Phi) is 23.1. The first-order valence-electron chi connectivity index (χ1n) is 2.82. The van der Waals surface area contributed by atoms with Gasteiger partial charge in [0, 0.05) is 24.1 Å². The first-order valence-corrected chi connectivity index (χ1v) is 2.82. The van der Waals surface area contributed by atoms with Gasteiger partial charge in [-0.05, 0) is 0 Å². The van der Waals surface area contributed by atoms with Crippen LogP contribution in [0.5, 0.6) is 0 Å². The summed E-state index contributed by atoms with van der Waals surface area (Å²) < 4.78 is 4.10. The predicted octanol–water partition coefficient (Wildman–Crippen LogP) is -1.31. The van der Waals surface area contributed by atoms with Crippen molar-refractivity contribution < 1.29 is 24.8 Å². The van der Waals surface area contributed by atoms with Crippen LogP contribution >= 0.6 is 0 Å². The van der Waals surface area contributed by atoms with Crippen molar-refractivity contribution in [1.82, 2.24) is 0 Å². The highest BCUT2D eigenvalue weighted by Crippen LogP contribution is 1.63. The molecule has 0 aliphatic heterocycles. The molecule has 0 aliphatic rings. The van der Waals surface area contributed by atoms with Gasteiger partial charge in [0.05, 0.1) is 0 Å². The summed E-state index contributed by atoms with van der Waals surface area (Å²) in [6, 6.07) is 0. The fourth-order valence-corrected chi connectivity index (χ4v) is 0.105.